The van der Waals surface area contributed by atoms with Gasteiger partial charge in [0, 0.05) is 94.1 Å². The zero-order valence-corrected chi connectivity index (χ0v) is 77.7. The Hall–Kier alpha value is -3.28. The topological polar surface area (TPSA) is 375 Å². The second-order valence-electron chi connectivity index (χ2n) is 33.8. The molecule has 2 heterocycles. The Morgan fingerprint density at radius 2 is 0.832 bits per heavy atom. The van der Waals surface area contributed by atoms with Crippen LogP contribution in [0.2, 0.25) is 49.3 Å². The van der Waals surface area contributed by atoms with E-state index < -0.39 is 28.8 Å². The van der Waals surface area contributed by atoms with E-state index >= 15 is 0 Å². The van der Waals surface area contributed by atoms with Gasteiger partial charge in [0.1, 0.15) is 17.5 Å². The largest absolute Gasteiger partial charge is 1.00 e. The Balaban J connectivity index is 0. The number of nitrogens with one attached hydrogen (secondary N) is 3. The number of hydrogen-bond donors (Lipinski definition) is 8. The Bertz CT molecular complexity index is 2780. The molecule has 10 fully saturated rings. The maximum atomic E-state index is 10.5. The van der Waals surface area contributed by atoms with Crippen LogP contribution in [0.3, 0.4) is 0 Å². The van der Waals surface area contributed by atoms with Gasteiger partial charge in [-0.3, -0.25) is 4.84 Å². The third-order valence-corrected chi connectivity index (χ3v) is 24.5. The summed E-state index contributed by atoms with van der Waals surface area (Å²) in [6, 6.07) is 19.0. The smallest absolute Gasteiger partial charge is 0.545 e. The molecule has 639 valence electrons. The zero-order valence-electron chi connectivity index (χ0n) is 71.4. The maximum Gasteiger partial charge on any atom is 1.00 e. The summed E-state index contributed by atoms with van der Waals surface area (Å²) in [5.74, 6) is 6.26. The second-order valence-corrected chi connectivity index (χ2v) is 43.7. The van der Waals surface area contributed by atoms with Crippen LogP contribution >= 0.6 is 35.0 Å². The SMILES string of the molecule is C=C1CCC1C.CONCl.C[C@@H]1CCC[C@H]1N=[N+]=[N-].C[C@@H]1CC[C@H]1N.C[C@@H]1CC[C@H]1N.C[C@H]1CCC[C@H]1N.C[C@H]1CCC[C@H]1N=[N+]=[N-].C[C@H]1CC[C@H]1N.C[Si](C)(C)OC1=C(O[Si](C)(C)C)CC1.Clc1ccc(CC2CCNCC2)cc1.Clc1ccc(CC2CCNCC2)cc1.O=C([O-])C(F)(F)F.[B].[N-]=[N+]=N[C@@H]1CCC[C@H]1O.[Na+]. The molecule has 0 bridgehead atoms. The van der Waals surface area contributed by atoms with Gasteiger partial charge < -0.3 is 57.4 Å². The molecular weight excluding hydrogens is 1550 g/mol. The van der Waals surface area contributed by atoms with E-state index in [4.69, 9.17) is 98.4 Å². The van der Waals surface area contributed by atoms with Gasteiger partial charge in [0.05, 0.1) is 19.3 Å². The number of aliphatic hydroxyl groups is 1. The third-order valence-electron chi connectivity index (χ3n) is 22.1. The molecule has 2 aromatic rings. The van der Waals surface area contributed by atoms with Gasteiger partial charge in [-0.1, -0.05) is 162 Å². The fourth-order valence-corrected chi connectivity index (χ4v) is 15.3. The summed E-state index contributed by atoms with van der Waals surface area (Å²) in [6.07, 6.45) is 28.3. The summed E-state index contributed by atoms with van der Waals surface area (Å²) in [7, 11) is -1.42. The molecule has 2 aromatic carbocycles. The minimum atomic E-state index is -5.19. The molecule has 2 aliphatic heterocycles. The summed E-state index contributed by atoms with van der Waals surface area (Å²) in [5.41, 5.74) is 50.7. The van der Waals surface area contributed by atoms with E-state index in [1.54, 1.807) is 0 Å². The van der Waals surface area contributed by atoms with E-state index in [0.29, 0.717) is 36.0 Å². The maximum absolute atomic E-state index is 10.5. The molecule has 12 N–H and O–H groups in total. The van der Waals surface area contributed by atoms with Crippen LogP contribution in [0.25, 0.3) is 31.3 Å². The quantitative estimate of drug-likeness (QED) is 0.0187. The molecule has 13 rings (SSSR count). The van der Waals surface area contributed by atoms with Crippen LogP contribution in [0, 0.1) is 53.3 Å². The molecule has 0 aromatic heterocycles. The molecule has 9 aliphatic carbocycles. The minimum Gasteiger partial charge on any atom is -0.545 e. The molecule has 8 saturated carbocycles. The molecule has 1 unspecified atom stereocenters. The van der Waals surface area contributed by atoms with Gasteiger partial charge in [0.15, 0.2) is 0 Å². The fourth-order valence-electron chi connectivity index (χ4n) is 13.1. The molecule has 32 heteroatoms. The van der Waals surface area contributed by atoms with Crippen LogP contribution in [-0.4, -0.2) is 124 Å². The van der Waals surface area contributed by atoms with Gasteiger partial charge in [-0.15, -0.1) is 5.00 Å². The first-order valence-corrected chi connectivity index (χ1v) is 48.9. The first kappa shape index (κ1) is 112. The Morgan fingerprint density at radius 1 is 0.540 bits per heavy atom. The monoisotopic (exact) mass is 1690 g/mol. The summed E-state index contributed by atoms with van der Waals surface area (Å²) < 4.78 is 43.4. The van der Waals surface area contributed by atoms with E-state index in [1.165, 1.54) is 185 Å². The number of carboxylic acid groups (broad SMARTS) is 1. The fraction of sp³-hybridized carbons (Fsp3) is 0.790. The first-order chi connectivity index (χ1) is 52.3. The van der Waals surface area contributed by atoms with Crippen molar-refractivity contribution in [1.82, 2.24) is 15.6 Å². The number of aliphatic carboxylic acids is 1. The van der Waals surface area contributed by atoms with Gasteiger partial charge in [-0.05, 0) is 299 Å². The van der Waals surface area contributed by atoms with Crippen molar-refractivity contribution in [2.45, 2.75) is 322 Å². The van der Waals surface area contributed by atoms with Crippen LogP contribution in [0.4, 0.5) is 13.2 Å². The van der Waals surface area contributed by atoms with Crippen molar-refractivity contribution in [3.05, 3.63) is 125 Å². The number of aliphatic hydroxyl groups excluding tert-OH is 1. The number of halogens is 6. The summed E-state index contributed by atoms with van der Waals surface area (Å²) in [4.78, 5) is 23.0. The average molecular weight is 1690 g/mol. The van der Waals surface area contributed by atoms with Gasteiger partial charge in [0.25, 0.3) is 0 Å². The van der Waals surface area contributed by atoms with E-state index in [1.807, 2.05) is 29.3 Å². The van der Waals surface area contributed by atoms with Crippen molar-refractivity contribution >= 4 is 66.0 Å². The number of carbonyl (C=O) groups excluding carboxylic acids is 1. The molecule has 0 amide bonds. The van der Waals surface area contributed by atoms with Gasteiger partial charge in [0.2, 0.25) is 16.6 Å². The molecule has 15 atom stereocenters. The van der Waals surface area contributed by atoms with Crippen molar-refractivity contribution in [2.75, 3.05) is 33.3 Å². The molecule has 11 aliphatic rings. The van der Waals surface area contributed by atoms with Gasteiger partial charge in [-0.2, -0.15) is 13.2 Å². The predicted molar refractivity (Wildman–Crippen MR) is 462 cm³/mol. The van der Waals surface area contributed by atoms with Crippen LogP contribution in [-0.2, 0) is 31.3 Å². The number of nitrogens with two attached hydrogens (primary N) is 4. The summed E-state index contributed by atoms with van der Waals surface area (Å²) >= 11 is 16.4. The minimum absolute atomic E-state index is 0. The number of nitrogens with zero attached hydrogens (tertiary/aromatic N) is 9. The molecule has 3 radical (unpaired) electrons. The van der Waals surface area contributed by atoms with Crippen LogP contribution in [0.5, 0.6) is 0 Å². The average Bonchev–Trinajstić information content (AvgIpc) is 1.64. The number of hydrogen-bond acceptors (Lipinski definition) is 16. The number of benzene rings is 2. The van der Waals surface area contributed by atoms with E-state index in [0.717, 1.165) is 108 Å². The standard InChI is InChI=1S/2C12H16ClN.C10H22O2Si2.2C6H11N3.C6H13N.C6H10.C5H9N3O.3C5H11N.C2HF3O2.CH4ClNO.B.Na/c2*13-12-3-1-10(2-4-12)9-11-5-7-14-8-6-11;1-13(2,3)11-9-7-8-10(9)12-14(4,5)6;2*1-5-3-2-4-6(5)8-9-7;1-5-3-2-4-6(5)7;1-5-3-4-6(5)2;6-8-7-4-2-1-3-5(4)9;3*1-4-2-3-5(4)6;3-2(4,5)1(6)7;1-4-3-2;;/h2*1-4,11,14H,5-9H2;7-8H2,1-6H3;2*5-6H,2-4H2,1H3;5-6H,2-4,7H2,1H3;6H,1,3-4H2,2H3;4-5,9H,1-3H2;3*4-5H,2-3,6H2,1H3;(H,6,7);3H,1H3;;/q;;;;;;;;;;;;;;+1/p-1/t;;;5-,6+;5-,6-;5-,6+;;4-,5-;4-,5+;2*4-,5-;;;;/m...010.1011..../s1. The Morgan fingerprint density at radius 3 is 1.01 bits per heavy atom. The van der Waals surface area contributed by atoms with Crippen molar-refractivity contribution in [3.63, 3.8) is 0 Å². The molecule has 0 spiro atoms. The van der Waals surface area contributed by atoms with Gasteiger partial charge >= 0.3 is 35.7 Å². The number of carboxylic acids is 1. The Labute approximate surface area is 719 Å². The Kier molecular flexibility index (Phi) is 62.1. The van der Waals surface area contributed by atoms with E-state index in [2.05, 4.69) is 164 Å². The number of alkyl halides is 3. The van der Waals surface area contributed by atoms with E-state index in [-0.39, 0.29) is 62.2 Å². The zero-order chi connectivity index (χ0) is 83.7. The molecule has 2 saturated heterocycles. The number of rotatable bonds is 12. The van der Waals surface area contributed by atoms with Crippen LogP contribution < -0.4 is 73.2 Å². The molecule has 113 heavy (non-hydrogen) atoms. The van der Waals surface area contributed by atoms with Crippen LogP contribution in [0.1, 0.15) is 227 Å². The number of piperidine rings is 2. The van der Waals surface area contributed by atoms with Crippen molar-refractivity contribution in [2.24, 2.45) is 91.5 Å². The normalized spacial score (nSPS) is 27.3. The third kappa shape index (κ3) is 53.8. The van der Waals surface area contributed by atoms with E-state index in [9.17, 15) is 13.2 Å². The molecular formula is C81H145BCl3F3N16NaO6Si2. The predicted octanol–water partition coefficient (Wildman–Crippen LogP) is 17.2. The molecule has 22 nitrogen and oxygen atoms in total. The first-order valence-electron chi connectivity index (χ1n) is 41.0. The van der Waals surface area contributed by atoms with Crippen molar-refractivity contribution < 1.29 is 71.4 Å². The second kappa shape index (κ2) is 62.8. The number of allylic oxidation sites excluding steroid dienone is 3. The van der Waals surface area contributed by atoms with Crippen molar-refractivity contribution in [3.8, 4) is 0 Å². The van der Waals surface area contributed by atoms with Gasteiger partial charge in [-0.25, -0.2) is 0 Å². The summed E-state index contributed by atoms with van der Waals surface area (Å²) in [5, 5.41) is 37.1. The number of azide groups is 3. The van der Waals surface area contributed by atoms with Crippen molar-refractivity contribution in [1.29, 1.82) is 0 Å². The van der Waals surface area contributed by atoms with Crippen LogP contribution in [0.15, 0.2) is 87.5 Å². The number of carbonyl (C=O) groups is 1. The summed E-state index contributed by atoms with van der Waals surface area (Å²) in [6.45, 7) is 37.2.